The summed E-state index contributed by atoms with van der Waals surface area (Å²) in [6.45, 7) is 3.21. The van der Waals surface area contributed by atoms with Crippen LogP contribution in [-0.2, 0) is 14.6 Å². The first-order chi connectivity index (χ1) is 9.12. The van der Waals surface area contributed by atoms with Gasteiger partial charge in [0.15, 0.2) is 9.84 Å². The molecule has 0 saturated carbocycles. The Labute approximate surface area is 119 Å². The summed E-state index contributed by atoms with van der Waals surface area (Å²) in [5.41, 5.74) is 7.05. The molecule has 0 atom stereocenters. The van der Waals surface area contributed by atoms with E-state index in [2.05, 4.69) is 5.32 Å². The Morgan fingerprint density at radius 2 is 2.05 bits per heavy atom. The number of amides is 1. The van der Waals surface area contributed by atoms with E-state index in [1.54, 1.807) is 38.1 Å². The molecule has 1 amide bonds. The number of hydrogen-bond donors (Lipinski definition) is 2. The summed E-state index contributed by atoms with van der Waals surface area (Å²) in [5, 5.41) is 2.58. The maximum absolute atomic E-state index is 11.7. The molecule has 0 bridgehead atoms. The standard InChI is InChI=1S/C14H20N2O3S/c1-14(2,20(3,18)19)10-16-13(17)8-7-11-5-4-6-12(15)9-11/h4-9H,10,15H2,1-3H3,(H,16,17)/b8-7+. The summed E-state index contributed by atoms with van der Waals surface area (Å²) in [6.07, 6.45) is 4.13. The first-order valence-electron chi connectivity index (χ1n) is 6.13. The van der Waals surface area contributed by atoms with Crippen LogP contribution >= 0.6 is 0 Å². The van der Waals surface area contributed by atoms with Crippen LogP contribution in [0.2, 0.25) is 0 Å². The van der Waals surface area contributed by atoms with E-state index >= 15 is 0 Å². The lowest BCUT2D eigenvalue weighted by atomic mass is 10.2. The third-order valence-corrected chi connectivity index (χ3v) is 5.18. The zero-order valence-corrected chi connectivity index (χ0v) is 12.7. The van der Waals surface area contributed by atoms with Gasteiger partial charge >= 0.3 is 0 Å². The molecule has 110 valence electrons. The molecule has 0 radical (unpaired) electrons. The quantitative estimate of drug-likeness (QED) is 0.631. The van der Waals surface area contributed by atoms with Crippen molar-refractivity contribution in [2.24, 2.45) is 0 Å². The third-order valence-electron chi connectivity index (χ3n) is 3.03. The van der Waals surface area contributed by atoms with Gasteiger partial charge in [0.25, 0.3) is 0 Å². The van der Waals surface area contributed by atoms with Gasteiger partial charge in [0, 0.05) is 24.6 Å². The molecule has 20 heavy (non-hydrogen) atoms. The second kappa shape index (κ2) is 6.09. The van der Waals surface area contributed by atoms with Crippen LogP contribution in [0.25, 0.3) is 6.08 Å². The largest absolute Gasteiger partial charge is 0.399 e. The van der Waals surface area contributed by atoms with Crippen molar-refractivity contribution in [3.63, 3.8) is 0 Å². The second-order valence-corrected chi connectivity index (χ2v) is 7.90. The molecular weight excluding hydrogens is 276 g/mol. The number of carbonyl (C=O) groups excluding carboxylic acids is 1. The predicted molar refractivity (Wildman–Crippen MR) is 81.8 cm³/mol. The minimum atomic E-state index is -3.23. The number of carbonyl (C=O) groups is 1. The van der Waals surface area contributed by atoms with Crippen molar-refractivity contribution < 1.29 is 13.2 Å². The molecule has 0 spiro atoms. The predicted octanol–water partition coefficient (Wildman–Crippen LogP) is 1.22. The van der Waals surface area contributed by atoms with Gasteiger partial charge in [-0.3, -0.25) is 4.79 Å². The van der Waals surface area contributed by atoms with Gasteiger partial charge in [-0.15, -0.1) is 0 Å². The zero-order valence-electron chi connectivity index (χ0n) is 11.9. The smallest absolute Gasteiger partial charge is 0.244 e. The van der Waals surface area contributed by atoms with Gasteiger partial charge in [-0.25, -0.2) is 8.42 Å². The molecule has 0 saturated heterocycles. The van der Waals surface area contributed by atoms with Gasteiger partial charge in [0.1, 0.15) is 0 Å². The first-order valence-corrected chi connectivity index (χ1v) is 8.02. The molecule has 5 nitrogen and oxygen atoms in total. The number of rotatable bonds is 5. The summed E-state index contributed by atoms with van der Waals surface area (Å²) in [4.78, 5) is 11.7. The van der Waals surface area contributed by atoms with Crippen LogP contribution in [0.15, 0.2) is 30.3 Å². The molecule has 0 aliphatic carbocycles. The fraction of sp³-hybridized carbons (Fsp3) is 0.357. The molecular formula is C14H20N2O3S. The molecule has 0 unspecified atom stereocenters. The average molecular weight is 296 g/mol. The SMILES string of the molecule is CC(C)(CNC(=O)/C=C/c1cccc(N)c1)S(C)(=O)=O. The monoisotopic (exact) mass is 296 g/mol. The summed E-state index contributed by atoms with van der Waals surface area (Å²) < 4.78 is 22.0. The number of benzene rings is 1. The second-order valence-electron chi connectivity index (χ2n) is 5.25. The maximum atomic E-state index is 11.7. The molecule has 0 aliphatic rings. The Morgan fingerprint density at radius 1 is 1.40 bits per heavy atom. The van der Waals surface area contributed by atoms with E-state index in [0.717, 1.165) is 11.8 Å². The minimum absolute atomic E-state index is 0.0614. The highest BCUT2D eigenvalue weighted by atomic mass is 32.2. The fourth-order valence-corrected chi connectivity index (χ4v) is 1.66. The molecule has 6 heteroatoms. The number of nitrogen functional groups attached to an aromatic ring is 1. The van der Waals surface area contributed by atoms with Crippen LogP contribution in [0.3, 0.4) is 0 Å². The Balaban J connectivity index is 2.61. The molecule has 1 aromatic carbocycles. The van der Waals surface area contributed by atoms with E-state index in [9.17, 15) is 13.2 Å². The van der Waals surface area contributed by atoms with Crippen molar-refractivity contribution in [3.05, 3.63) is 35.9 Å². The Hall–Kier alpha value is -1.82. The molecule has 0 heterocycles. The van der Waals surface area contributed by atoms with Crippen molar-refractivity contribution in [2.45, 2.75) is 18.6 Å². The lowest BCUT2D eigenvalue weighted by Gasteiger charge is -2.22. The van der Waals surface area contributed by atoms with E-state index in [-0.39, 0.29) is 12.5 Å². The van der Waals surface area contributed by atoms with Crippen molar-refractivity contribution in [3.8, 4) is 0 Å². The highest BCUT2D eigenvalue weighted by molar-refractivity contribution is 7.92. The molecule has 0 aromatic heterocycles. The molecule has 1 aromatic rings. The van der Waals surface area contributed by atoms with Crippen molar-refractivity contribution in [1.82, 2.24) is 5.32 Å². The summed E-state index contributed by atoms with van der Waals surface area (Å²) in [6, 6.07) is 7.11. The highest BCUT2D eigenvalue weighted by Crippen LogP contribution is 2.13. The van der Waals surface area contributed by atoms with E-state index in [1.807, 2.05) is 6.07 Å². The maximum Gasteiger partial charge on any atom is 0.244 e. The van der Waals surface area contributed by atoms with E-state index < -0.39 is 14.6 Å². The lowest BCUT2D eigenvalue weighted by Crippen LogP contribution is -2.43. The van der Waals surface area contributed by atoms with Gasteiger partial charge < -0.3 is 11.1 Å². The number of nitrogens with two attached hydrogens (primary N) is 1. The van der Waals surface area contributed by atoms with Crippen LogP contribution in [-0.4, -0.2) is 31.9 Å². The number of anilines is 1. The normalized spacial score (nSPS) is 12.6. The van der Waals surface area contributed by atoms with Crippen LogP contribution in [0.4, 0.5) is 5.69 Å². The van der Waals surface area contributed by atoms with Gasteiger partial charge in [0.2, 0.25) is 5.91 Å². The molecule has 0 fully saturated rings. The number of nitrogens with one attached hydrogen (secondary N) is 1. The van der Waals surface area contributed by atoms with Crippen molar-refractivity contribution >= 4 is 27.5 Å². The van der Waals surface area contributed by atoms with Gasteiger partial charge in [-0.1, -0.05) is 12.1 Å². The summed E-state index contributed by atoms with van der Waals surface area (Å²) in [7, 11) is -3.23. The van der Waals surface area contributed by atoms with Crippen LogP contribution in [0.5, 0.6) is 0 Å². The van der Waals surface area contributed by atoms with Crippen molar-refractivity contribution in [1.29, 1.82) is 0 Å². The molecule has 1 rings (SSSR count). The van der Waals surface area contributed by atoms with Crippen LogP contribution in [0, 0.1) is 0 Å². The number of hydrogen-bond acceptors (Lipinski definition) is 4. The Kier molecular flexibility index (Phi) is 4.94. The van der Waals surface area contributed by atoms with E-state index in [0.29, 0.717) is 5.69 Å². The average Bonchev–Trinajstić information content (AvgIpc) is 2.33. The Morgan fingerprint density at radius 3 is 2.60 bits per heavy atom. The van der Waals surface area contributed by atoms with Crippen molar-refractivity contribution in [2.75, 3.05) is 18.5 Å². The lowest BCUT2D eigenvalue weighted by molar-refractivity contribution is -0.116. The highest BCUT2D eigenvalue weighted by Gasteiger charge is 2.30. The van der Waals surface area contributed by atoms with Gasteiger partial charge in [-0.05, 0) is 37.6 Å². The zero-order chi connectivity index (χ0) is 15.4. The topological polar surface area (TPSA) is 89.3 Å². The fourth-order valence-electron chi connectivity index (χ4n) is 1.32. The summed E-state index contributed by atoms with van der Waals surface area (Å²) >= 11 is 0. The first kappa shape index (κ1) is 16.2. The van der Waals surface area contributed by atoms with Crippen LogP contribution in [0.1, 0.15) is 19.4 Å². The minimum Gasteiger partial charge on any atom is -0.399 e. The molecule has 0 aliphatic heterocycles. The molecule has 3 N–H and O–H groups in total. The van der Waals surface area contributed by atoms with Gasteiger partial charge in [-0.2, -0.15) is 0 Å². The van der Waals surface area contributed by atoms with Gasteiger partial charge in [0.05, 0.1) is 4.75 Å². The Bertz CT molecular complexity index is 619. The number of sulfone groups is 1. The van der Waals surface area contributed by atoms with Crippen LogP contribution < -0.4 is 11.1 Å². The summed E-state index contributed by atoms with van der Waals surface area (Å²) in [5.74, 6) is -0.343. The van der Waals surface area contributed by atoms with E-state index in [1.165, 1.54) is 6.08 Å². The third kappa shape index (κ3) is 4.70. The van der Waals surface area contributed by atoms with E-state index in [4.69, 9.17) is 5.73 Å².